The predicted molar refractivity (Wildman–Crippen MR) is 115 cm³/mol. The van der Waals surface area contributed by atoms with Gasteiger partial charge in [-0.1, -0.05) is 11.3 Å². The van der Waals surface area contributed by atoms with Crippen LogP contribution in [-0.2, 0) is 0 Å². The largest absolute Gasteiger partial charge is 0.494 e. The van der Waals surface area contributed by atoms with Crippen molar-refractivity contribution in [2.24, 2.45) is 0 Å². The first-order valence-corrected chi connectivity index (χ1v) is 9.65. The predicted octanol–water partition coefficient (Wildman–Crippen LogP) is 4.60. The van der Waals surface area contributed by atoms with Crippen molar-refractivity contribution in [3.63, 3.8) is 0 Å². The molecule has 0 aliphatic rings. The third kappa shape index (κ3) is 5.41. The van der Waals surface area contributed by atoms with Gasteiger partial charge in [0.05, 0.1) is 22.4 Å². The lowest BCUT2D eigenvalue weighted by Crippen LogP contribution is -2.37. The molecule has 0 saturated heterocycles. The Hall–Kier alpha value is -2.29. The number of likely N-dealkylation sites (N-methyl/N-ethyl adjacent to an activating group) is 1. The van der Waals surface area contributed by atoms with E-state index in [2.05, 4.69) is 4.98 Å². The molecule has 2 aromatic carbocycles. The number of amides is 1. The molecule has 0 saturated carbocycles. The van der Waals surface area contributed by atoms with Gasteiger partial charge in [0.25, 0.3) is 5.91 Å². The molecule has 29 heavy (non-hydrogen) atoms. The summed E-state index contributed by atoms with van der Waals surface area (Å²) in [6.45, 7) is 3.34. The second kappa shape index (κ2) is 9.96. The van der Waals surface area contributed by atoms with Gasteiger partial charge in [0, 0.05) is 19.2 Å². The molecule has 156 valence electrons. The number of thiazole rings is 1. The van der Waals surface area contributed by atoms with Crippen LogP contribution in [0.1, 0.15) is 17.3 Å². The smallest absolute Gasteiger partial charge is 0.263 e. The third-order valence-electron chi connectivity index (χ3n) is 4.07. The molecule has 0 unspecified atom stereocenters. The molecule has 5 nitrogen and oxygen atoms in total. The van der Waals surface area contributed by atoms with Crippen molar-refractivity contribution in [1.82, 2.24) is 9.88 Å². The number of hydrogen-bond donors (Lipinski definition) is 0. The van der Waals surface area contributed by atoms with Crippen LogP contribution in [0.4, 0.5) is 13.9 Å². The summed E-state index contributed by atoms with van der Waals surface area (Å²) in [4.78, 5) is 20.9. The van der Waals surface area contributed by atoms with Gasteiger partial charge >= 0.3 is 0 Å². The maximum absolute atomic E-state index is 14.2. The van der Waals surface area contributed by atoms with E-state index in [1.807, 2.05) is 44.1 Å². The molecular weight excluding hydrogens is 420 g/mol. The van der Waals surface area contributed by atoms with E-state index in [4.69, 9.17) is 4.74 Å². The summed E-state index contributed by atoms with van der Waals surface area (Å²) >= 11 is 1.33. The van der Waals surface area contributed by atoms with E-state index in [0.717, 1.165) is 28.1 Å². The van der Waals surface area contributed by atoms with E-state index in [9.17, 15) is 13.6 Å². The van der Waals surface area contributed by atoms with Crippen LogP contribution in [0, 0.1) is 11.6 Å². The van der Waals surface area contributed by atoms with E-state index in [-0.39, 0.29) is 18.0 Å². The molecule has 0 aliphatic carbocycles. The number of aromatic nitrogens is 1. The van der Waals surface area contributed by atoms with Crippen LogP contribution in [0.5, 0.6) is 5.75 Å². The highest BCUT2D eigenvalue weighted by Crippen LogP contribution is 2.32. The number of nitrogens with zero attached hydrogens (tertiary/aromatic N) is 3. The van der Waals surface area contributed by atoms with Gasteiger partial charge in [0.15, 0.2) is 5.13 Å². The molecule has 0 spiro atoms. The third-order valence-corrected chi connectivity index (χ3v) is 5.11. The van der Waals surface area contributed by atoms with E-state index >= 15 is 0 Å². The fourth-order valence-electron chi connectivity index (χ4n) is 2.66. The van der Waals surface area contributed by atoms with Crippen LogP contribution >= 0.6 is 23.7 Å². The Morgan fingerprint density at radius 3 is 2.55 bits per heavy atom. The Morgan fingerprint density at radius 2 is 1.90 bits per heavy atom. The van der Waals surface area contributed by atoms with Crippen LogP contribution in [0.15, 0.2) is 36.4 Å². The van der Waals surface area contributed by atoms with Crippen molar-refractivity contribution in [2.75, 3.05) is 38.7 Å². The minimum Gasteiger partial charge on any atom is -0.494 e. The zero-order valence-electron chi connectivity index (χ0n) is 16.3. The monoisotopic (exact) mass is 441 g/mol. The fourth-order valence-corrected chi connectivity index (χ4v) is 3.68. The molecule has 1 aromatic heterocycles. The van der Waals surface area contributed by atoms with Crippen molar-refractivity contribution in [3.8, 4) is 5.75 Å². The van der Waals surface area contributed by atoms with Crippen LogP contribution in [0.3, 0.4) is 0 Å². The highest BCUT2D eigenvalue weighted by atomic mass is 35.5. The summed E-state index contributed by atoms with van der Waals surface area (Å²) in [7, 11) is 3.77. The maximum Gasteiger partial charge on any atom is 0.263 e. The van der Waals surface area contributed by atoms with E-state index in [0.29, 0.717) is 30.9 Å². The Kier molecular flexibility index (Phi) is 7.89. The zero-order valence-corrected chi connectivity index (χ0v) is 17.9. The summed E-state index contributed by atoms with van der Waals surface area (Å²) in [5.41, 5.74) is 0.542. The second-order valence-corrected chi connectivity index (χ2v) is 7.45. The van der Waals surface area contributed by atoms with Crippen LogP contribution in [-0.4, -0.2) is 49.6 Å². The van der Waals surface area contributed by atoms with Gasteiger partial charge in [-0.3, -0.25) is 9.69 Å². The quantitative estimate of drug-likeness (QED) is 0.537. The molecule has 3 aromatic rings. The maximum atomic E-state index is 14.2. The van der Waals surface area contributed by atoms with Crippen molar-refractivity contribution < 1.29 is 18.3 Å². The summed E-state index contributed by atoms with van der Waals surface area (Å²) in [5.74, 6) is -1.44. The fraction of sp³-hybridized carbons (Fsp3) is 0.300. The molecule has 1 amide bonds. The molecule has 0 radical (unpaired) electrons. The van der Waals surface area contributed by atoms with Crippen molar-refractivity contribution in [2.45, 2.75) is 6.92 Å². The lowest BCUT2D eigenvalue weighted by Gasteiger charge is -2.22. The van der Waals surface area contributed by atoms with Crippen LogP contribution in [0.2, 0.25) is 0 Å². The van der Waals surface area contributed by atoms with Gasteiger partial charge in [-0.05, 0) is 51.4 Å². The standard InChI is InChI=1S/C20H21F2N3O2S.ClH/c1-4-27-14-6-8-17-18(12-14)28-20(23-17)25(10-9-24(2)3)19(26)15-7-5-13(21)11-16(15)22;/h5-8,11-12H,4,9-10H2,1-3H3;1H. The first-order chi connectivity index (χ1) is 13.4. The average molecular weight is 442 g/mol. The normalized spacial score (nSPS) is 10.8. The number of rotatable bonds is 7. The lowest BCUT2D eigenvalue weighted by molar-refractivity contribution is 0.0981. The van der Waals surface area contributed by atoms with E-state index in [1.165, 1.54) is 16.2 Å². The minimum absolute atomic E-state index is 0. The van der Waals surface area contributed by atoms with Crippen LogP contribution in [0.25, 0.3) is 10.2 Å². The highest BCUT2D eigenvalue weighted by Gasteiger charge is 2.24. The molecule has 0 atom stereocenters. The lowest BCUT2D eigenvalue weighted by atomic mass is 10.2. The van der Waals surface area contributed by atoms with Gasteiger partial charge in [-0.15, -0.1) is 12.4 Å². The number of carbonyl (C=O) groups is 1. The Morgan fingerprint density at radius 1 is 1.14 bits per heavy atom. The molecule has 9 heteroatoms. The summed E-state index contributed by atoms with van der Waals surface area (Å²) < 4.78 is 33.8. The number of hydrogen-bond acceptors (Lipinski definition) is 5. The highest BCUT2D eigenvalue weighted by molar-refractivity contribution is 7.22. The van der Waals surface area contributed by atoms with E-state index in [1.54, 1.807) is 0 Å². The summed E-state index contributed by atoms with van der Waals surface area (Å²) in [6.07, 6.45) is 0. The number of halogens is 3. The van der Waals surface area contributed by atoms with E-state index < -0.39 is 17.5 Å². The molecule has 0 fully saturated rings. The van der Waals surface area contributed by atoms with Crippen molar-refractivity contribution in [3.05, 3.63) is 53.6 Å². The molecule has 3 rings (SSSR count). The van der Waals surface area contributed by atoms with Gasteiger partial charge in [0.2, 0.25) is 0 Å². The van der Waals surface area contributed by atoms with Crippen molar-refractivity contribution in [1.29, 1.82) is 0 Å². The second-order valence-electron chi connectivity index (χ2n) is 6.44. The van der Waals surface area contributed by atoms with Crippen molar-refractivity contribution >= 4 is 45.0 Å². The Labute approximate surface area is 178 Å². The molecule has 0 N–H and O–H groups in total. The summed E-state index contributed by atoms with van der Waals surface area (Å²) in [6, 6.07) is 8.47. The number of benzene rings is 2. The Bertz CT molecular complexity index is 997. The number of carbonyl (C=O) groups excluding carboxylic acids is 1. The first-order valence-electron chi connectivity index (χ1n) is 8.84. The molecule has 1 heterocycles. The topological polar surface area (TPSA) is 45.7 Å². The number of ether oxygens (including phenoxy) is 1. The number of fused-ring (bicyclic) bond motifs is 1. The molecule has 0 aliphatic heterocycles. The minimum atomic E-state index is -0.889. The van der Waals surface area contributed by atoms with Gasteiger partial charge in [-0.25, -0.2) is 13.8 Å². The molecule has 0 bridgehead atoms. The Balaban J connectivity index is 0.00000300. The first kappa shape index (κ1) is 23.0. The van der Waals surface area contributed by atoms with Gasteiger partial charge < -0.3 is 9.64 Å². The average Bonchev–Trinajstić information content (AvgIpc) is 3.04. The molecular formula is C20H22ClF2N3O2S. The SMILES string of the molecule is CCOc1ccc2nc(N(CCN(C)C)C(=O)c3ccc(F)cc3F)sc2c1.Cl. The summed E-state index contributed by atoms with van der Waals surface area (Å²) in [5, 5.41) is 0.458. The van der Waals surface area contributed by atoms with Gasteiger partial charge in [0.1, 0.15) is 17.4 Å². The zero-order chi connectivity index (χ0) is 20.3. The van der Waals surface area contributed by atoms with Gasteiger partial charge in [-0.2, -0.15) is 0 Å². The van der Waals surface area contributed by atoms with Crippen LogP contribution < -0.4 is 9.64 Å². The number of anilines is 1.